The molecule has 1 amide bonds. The second kappa shape index (κ2) is 13.3. The van der Waals surface area contributed by atoms with Gasteiger partial charge in [0.25, 0.3) is 0 Å². The number of likely N-dealkylation sites (N-methyl/N-ethyl adjacent to an activating group) is 1. The number of anilines is 5. The van der Waals surface area contributed by atoms with Gasteiger partial charge in [-0.25, -0.2) is 15.0 Å². The molecule has 3 heterocycles. The van der Waals surface area contributed by atoms with Gasteiger partial charge < -0.3 is 25.2 Å². The van der Waals surface area contributed by atoms with Crippen molar-refractivity contribution in [1.29, 1.82) is 0 Å². The predicted molar refractivity (Wildman–Crippen MR) is 164 cm³/mol. The summed E-state index contributed by atoms with van der Waals surface area (Å²) in [5.74, 6) is 0.885. The van der Waals surface area contributed by atoms with Gasteiger partial charge >= 0.3 is 6.18 Å². The maximum Gasteiger partial charge on any atom is 0.417 e. The third-order valence-electron chi connectivity index (χ3n) is 7.65. The standard InChI is InChI=1S/C30H33ClF3N7O3/c1-4-29(42)38-22-15-23(26(43-3)16-25(22)40-11-9-39(5-2)10-12-40)37-27-17-28(36-18-35-27)41-24(8-13-44-41)19-6-7-21(31)20(14-19)30(32,33)34/h4,6-7,14-18,24H,1,5,8-13H2,2-3H3,(H,38,42)(H,35,36,37). The van der Waals surface area contributed by atoms with Crippen molar-refractivity contribution >= 4 is 46.2 Å². The first-order chi connectivity index (χ1) is 21.1. The van der Waals surface area contributed by atoms with Crippen LogP contribution in [0.25, 0.3) is 0 Å². The Labute approximate surface area is 258 Å². The van der Waals surface area contributed by atoms with Gasteiger partial charge in [-0.15, -0.1) is 0 Å². The highest BCUT2D eigenvalue weighted by Gasteiger charge is 2.36. The molecule has 0 aliphatic carbocycles. The fourth-order valence-corrected chi connectivity index (χ4v) is 5.55. The van der Waals surface area contributed by atoms with Crippen LogP contribution in [0.4, 0.5) is 41.9 Å². The molecular formula is C30H33ClF3N7O3. The quantitative estimate of drug-likeness (QED) is 0.274. The lowest BCUT2D eigenvalue weighted by Gasteiger charge is -2.36. The normalized spacial score (nSPS) is 17.5. The summed E-state index contributed by atoms with van der Waals surface area (Å²) in [6.07, 6.45) is -1.61. The summed E-state index contributed by atoms with van der Waals surface area (Å²) in [7, 11) is 1.55. The molecule has 0 bridgehead atoms. The van der Waals surface area contributed by atoms with Gasteiger partial charge in [0.1, 0.15) is 17.9 Å². The zero-order valence-electron chi connectivity index (χ0n) is 24.3. The van der Waals surface area contributed by atoms with Crippen LogP contribution in [0.3, 0.4) is 0 Å². The molecule has 14 heteroatoms. The van der Waals surface area contributed by atoms with Gasteiger partial charge in [-0.2, -0.15) is 13.2 Å². The Hall–Kier alpha value is -4.07. The molecule has 10 nitrogen and oxygen atoms in total. The lowest BCUT2D eigenvalue weighted by atomic mass is 10.0. The van der Waals surface area contributed by atoms with E-state index in [1.165, 1.54) is 23.5 Å². The van der Waals surface area contributed by atoms with Gasteiger partial charge in [0.15, 0.2) is 5.82 Å². The van der Waals surface area contributed by atoms with Crippen LogP contribution in [-0.4, -0.2) is 67.2 Å². The zero-order valence-corrected chi connectivity index (χ0v) is 25.1. The SMILES string of the molecule is C=CC(=O)Nc1cc(Nc2cc(N3OCCC3c3ccc(Cl)c(C(F)(F)F)c3)ncn2)c(OC)cc1N1CCN(CC)CC1. The van der Waals surface area contributed by atoms with Crippen molar-refractivity contribution in [2.45, 2.75) is 25.6 Å². The highest BCUT2D eigenvalue weighted by Crippen LogP contribution is 2.42. The van der Waals surface area contributed by atoms with Crippen molar-refractivity contribution in [2.24, 2.45) is 0 Å². The molecule has 5 rings (SSSR count). The van der Waals surface area contributed by atoms with Crippen LogP contribution >= 0.6 is 11.6 Å². The molecule has 0 saturated carbocycles. The first-order valence-electron chi connectivity index (χ1n) is 14.1. The number of hydrogen-bond donors (Lipinski definition) is 2. The van der Waals surface area contributed by atoms with Gasteiger partial charge in [0.05, 0.1) is 47.4 Å². The number of methoxy groups -OCH3 is 1. The minimum Gasteiger partial charge on any atom is -0.494 e. The molecule has 2 saturated heterocycles. The Morgan fingerprint density at radius 1 is 1.16 bits per heavy atom. The first-order valence-corrected chi connectivity index (χ1v) is 14.5. The van der Waals surface area contributed by atoms with Crippen LogP contribution in [0.5, 0.6) is 5.75 Å². The highest BCUT2D eigenvalue weighted by atomic mass is 35.5. The van der Waals surface area contributed by atoms with E-state index in [9.17, 15) is 18.0 Å². The molecule has 0 radical (unpaired) electrons. The van der Waals surface area contributed by atoms with Crippen molar-refractivity contribution in [3.8, 4) is 5.75 Å². The van der Waals surface area contributed by atoms with E-state index in [4.69, 9.17) is 21.2 Å². The van der Waals surface area contributed by atoms with E-state index < -0.39 is 17.8 Å². The molecule has 2 N–H and O–H groups in total. The molecule has 1 atom stereocenters. The topological polar surface area (TPSA) is 95.1 Å². The van der Waals surface area contributed by atoms with Crippen molar-refractivity contribution in [2.75, 3.05) is 67.0 Å². The first kappa shape index (κ1) is 31.4. The molecule has 2 aromatic carbocycles. The number of benzene rings is 2. The van der Waals surface area contributed by atoms with Crippen LogP contribution in [0, 0.1) is 0 Å². The van der Waals surface area contributed by atoms with Crippen LogP contribution in [0.2, 0.25) is 5.02 Å². The second-order valence-electron chi connectivity index (χ2n) is 10.3. The number of alkyl halides is 3. The van der Waals surface area contributed by atoms with E-state index in [0.717, 1.165) is 44.5 Å². The lowest BCUT2D eigenvalue weighted by molar-refractivity contribution is -0.137. The molecule has 2 aliphatic rings. The molecule has 234 valence electrons. The van der Waals surface area contributed by atoms with E-state index in [2.05, 4.69) is 43.9 Å². The number of nitrogens with zero attached hydrogens (tertiary/aromatic N) is 5. The summed E-state index contributed by atoms with van der Waals surface area (Å²) in [6, 6.07) is 8.57. The Balaban J connectivity index is 1.43. The Morgan fingerprint density at radius 3 is 2.61 bits per heavy atom. The van der Waals surface area contributed by atoms with Crippen molar-refractivity contribution in [3.05, 3.63) is 71.5 Å². The van der Waals surface area contributed by atoms with E-state index in [1.54, 1.807) is 25.3 Å². The zero-order chi connectivity index (χ0) is 31.4. The maximum absolute atomic E-state index is 13.5. The molecule has 44 heavy (non-hydrogen) atoms. The summed E-state index contributed by atoms with van der Waals surface area (Å²) in [5.41, 5.74) is 1.40. The summed E-state index contributed by atoms with van der Waals surface area (Å²) in [4.78, 5) is 31.4. The van der Waals surface area contributed by atoms with Gasteiger partial charge in [-0.3, -0.25) is 9.63 Å². The van der Waals surface area contributed by atoms with Gasteiger partial charge in [0, 0.05) is 44.7 Å². The minimum absolute atomic E-state index is 0.287. The monoisotopic (exact) mass is 631 g/mol. The molecule has 0 spiro atoms. The van der Waals surface area contributed by atoms with E-state index in [0.29, 0.717) is 40.7 Å². The number of piperazine rings is 1. The summed E-state index contributed by atoms with van der Waals surface area (Å²) in [5, 5.41) is 7.24. The van der Waals surface area contributed by atoms with Crippen LogP contribution in [0.1, 0.15) is 30.5 Å². The molecular weight excluding hydrogens is 599 g/mol. The van der Waals surface area contributed by atoms with Crippen molar-refractivity contribution < 1.29 is 27.5 Å². The average molecular weight is 632 g/mol. The number of hydrogen-bond acceptors (Lipinski definition) is 9. The fourth-order valence-electron chi connectivity index (χ4n) is 5.33. The van der Waals surface area contributed by atoms with Crippen molar-refractivity contribution in [3.63, 3.8) is 0 Å². The number of rotatable bonds is 9. The van der Waals surface area contributed by atoms with Crippen molar-refractivity contribution in [1.82, 2.24) is 14.9 Å². The summed E-state index contributed by atoms with van der Waals surface area (Å²) in [6.45, 7) is 10.3. The highest BCUT2D eigenvalue weighted by molar-refractivity contribution is 6.31. The molecule has 3 aromatic rings. The number of carbonyl (C=O) groups is 1. The number of ether oxygens (including phenoxy) is 1. The summed E-state index contributed by atoms with van der Waals surface area (Å²) < 4.78 is 46.3. The van der Waals surface area contributed by atoms with Crippen LogP contribution in [0.15, 0.2) is 55.4 Å². The predicted octanol–water partition coefficient (Wildman–Crippen LogP) is 6.05. The van der Waals surface area contributed by atoms with Gasteiger partial charge in [-0.1, -0.05) is 31.2 Å². The number of aromatic nitrogens is 2. The van der Waals surface area contributed by atoms with Gasteiger partial charge in [-0.05, 0) is 36.4 Å². The Kier molecular flexibility index (Phi) is 9.47. The van der Waals surface area contributed by atoms with Crippen LogP contribution in [-0.2, 0) is 15.8 Å². The van der Waals surface area contributed by atoms with E-state index in [1.807, 2.05) is 6.07 Å². The number of hydroxylamine groups is 1. The van der Waals surface area contributed by atoms with Gasteiger partial charge in [0.2, 0.25) is 5.91 Å². The third kappa shape index (κ3) is 6.85. The Morgan fingerprint density at radius 2 is 1.93 bits per heavy atom. The number of carbonyl (C=O) groups excluding carboxylic acids is 1. The second-order valence-corrected chi connectivity index (χ2v) is 10.7. The minimum atomic E-state index is -4.59. The number of halogens is 4. The van der Waals surface area contributed by atoms with E-state index in [-0.39, 0.29) is 17.5 Å². The molecule has 2 fully saturated rings. The molecule has 2 aliphatic heterocycles. The number of amides is 1. The largest absolute Gasteiger partial charge is 0.494 e. The number of nitrogens with one attached hydrogen (secondary N) is 2. The third-order valence-corrected chi connectivity index (χ3v) is 7.98. The molecule has 1 unspecified atom stereocenters. The smallest absolute Gasteiger partial charge is 0.417 e. The average Bonchev–Trinajstić information content (AvgIpc) is 3.51. The fraction of sp³-hybridized carbons (Fsp3) is 0.367. The molecule has 1 aromatic heterocycles. The Bertz CT molecular complexity index is 1520. The maximum atomic E-state index is 13.5. The van der Waals surface area contributed by atoms with Crippen LogP contribution < -0.4 is 25.3 Å². The lowest BCUT2D eigenvalue weighted by Crippen LogP contribution is -2.46. The summed E-state index contributed by atoms with van der Waals surface area (Å²) >= 11 is 5.84. The van der Waals surface area contributed by atoms with E-state index >= 15 is 0 Å².